The zero-order valence-electron chi connectivity index (χ0n) is 12.4. The molecule has 0 aliphatic rings. The standard InChI is InChI=1S/C15H24N2O2/c1-10-6-11(2)8-14(7-10)13(4)16-15(19)17(5)9-12(3)18/h6-8,12-13,18H,9H2,1-5H3,(H,16,19). The summed E-state index contributed by atoms with van der Waals surface area (Å²) >= 11 is 0. The van der Waals surface area contributed by atoms with Crippen molar-refractivity contribution in [2.45, 2.75) is 39.8 Å². The van der Waals surface area contributed by atoms with E-state index in [4.69, 9.17) is 0 Å². The zero-order chi connectivity index (χ0) is 14.6. The topological polar surface area (TPSA) is 52.6 Å². The Morgan fingerprint density at radius 3 is 2.26 bits per heavy atom. The third kappa shape index (κ3) is 4.91. The summed E-state index contributed by atoms with van der Waals surface area (Å²) in [5, 5.41) is 12.2. The van der Waals surface area contributed by atoms with Gasteiger partial charge in [-0.1, -0.05) is 29.3 Å². The first kappa shape index (κ1) is 15.5. The summed E-state index contributed by atoms with van der Waals surface area (Å²) in [7, 11) is 1.68. The Morgan fingerprint density at radius 1 is 1.26 bits per heavy atom. The van der Waals surface area contributed by atoms with E-state index in [0.717, 1.165) is 5.56 Å². The lowest BCUT2D eigenvalue weighted by atomic mass is 10.0. The van der Waals surface area contributed by atoms with Gasteiger partial charge in [-0.2, -0.15) is 0 Å². The quantitative estimate of drug-likeness (QED) is 0.877. The van der Waals surface area contributed by atoms with E-state index in [-0.39, 0.29) is 12.1 Å². The van der Waals surface area contributed by atoms with Crippen molar-refractivity contribution >= 4 is 6.03 Å². The molecule has 0 aliphatic carbocycles. The van der Waals surface area contributed by atoms with Crippen LogP contribution in [0.3, 0.4) is 0 Å². The van der Waals surface area contributed by atoms with Crippen LogP contribution in [0, 0.1) is 13.8 Å². The molecule has 2 N–H and O–H groups in total. The third-order valence-corrected chi connectivity index (χ3v) is 2.97. The minimum absolute atomic E-state index is 0.0532. The third-order valence-electron chi connectivity index (χ3n) is 2.97. The summed E-state index contributed by atoms with van der Waals surface area (Å²) in [5.74, 6) is 0. The van der Waals surface area contributed by atoms with Gasteiger partial charge in [0.15, 0.2) is 0 Å². The molecule has 2 amide bonds. The number of hydrogen-bond acceptors (Lipinski definition) is 2. The molecule has 0 saturated carbocycles. The maximum absolute atomic E-state index is 11.9. The van der Waals surface area contributed by atoms with Gasteiger partial charge >= 0.3 is 6.03 Å². The molecule has 2 atom stereocenters. The van der Waals surface area contributed by atoms with Crippen LogP contribution in [0.4, 0.5) is 4.79 Å². The second kappa shape index (κ2) is 6.57. The number of urea groups is 1. The van der Waals surface area contributed by atoms with Crippen LogP contribution in [0.1, 0.15) is 36.6 Å². The van der Waals surface area contributed by atoms with Gasteiger partial charge in [0.2, 0.25) is 0 Å². The van der Waals surface area contributed by atoms with Crippen LogP contribution in [0.5, 0.6) is 0 Å². The molecule has 1 aromatic rings. The van der Waals surface area contributed by atoms with Gasteiger partial charge in [0.25, 0.3) is 0 Å². The molecule has 0 bridgehead atoms. The van der Waals surface area contributed by atoms with Crippen molar-refractivity contribution in [2.75, 3.05) is 13.6 Å². The van der Waals surface area contributed by atoms with E-state index in [0.29, 0.717) is 6.54 Å². The smallest absolute Gasteiger partial charge is 0.317 e. The average molecular weight is 264 g/mol. The number of carbonyl (C=O) groups excluding carboxylic acids is 1. The number of nitrogens with one attached hydrogen (secondary N) is 1. The van der Waals surface area contributed by atoms with E-state index in [1.165, 1.54) is 16.0 Å². The van der Waals surface area contributed by atoms with Gasteiger partial charge in [0.1, 0.15) is 0 Å². The highest BCUT2D eigenvalue weighted by Gasteiger charge is 2.14. The second-order valence-electron chi connectivity index (χ2n) is 5.32. The monoisotopic (exact) mass is 264 g/mol. The van der Waals surface area contributed by atoms with Crippen LogP contribution in [-0.4, -0.2) is 35.7 Å². The van der Waals surface area contributed by atoms with Crippen molar-refractivity contribution in [3.8, 4) is 0 Å². The van der Waals surface area contributed by atoms with Crippen molar-refractivity contribution in [1.82, 2.24) is 10.2 Å². The van der Waals surface area contributed by atoms with Crippen molar-refractivity contribution in [3.63, 3.8) is 0 Å². The summed E-state index contributed by atoms with van der Waals surface area (Å²) in [6, 6.07) is 6.03. The van der Waals surface area contributed by atoms with Crippen molar-refractivity contribution in [3.05, 3.63) is 34.9 Å². The maximum Gasteiger partial charge on any atom is 0.317 e. The fraction of sp³-hybridized carbons (Fsp3) is 0.533. The SMILES string of the molecule is Cc1cc(C)cc(C(C)NC(=O)N(C)CC(C)O)c1. The minimum atomic E-state index is -0.521. The Labute approximate surface area is 115 Å². The molecule has 1 rings (SSSR count). The molecule has 4 heteroatoms. The highest BCUT2D eigenvalue weighted by Crippen LogP contribution is 2.16. The van der Waals surface area contributed by atoms with Crippen molar-refractivity contribution in [2.24, 2.45) is 0 Å². The molecule has 0 saturated heterocycles. The molecule has 4 nitrogen and oxygen atoms in total. The summed E-state index contributed by atoms with van der Waals surface area (Å²) in [5.41, 5.74) is 3.47. The molecular weight excluding hydrogens is 240 g/mol. The summed E-state index contributed by atoms with van der Waals surface area (Å²) in [4.78, 5) is 13.4. The molecule has 2 unspecified atom stereocenters. The predicted molar refractivity (Wildman–Crippen MR) is 77.2 cm³/mol. The molecule has 0 aliphatic heterocycles. The van der Waals surface area contributed by atoms with Crippen LogP contribution >= 0.6 is 0 Å². The molecule has 0 heterocycles. The fourth-order valence-electron chi connectivity index (χ4n) is 2.12. The van der Waals surface area contributed by atoms with Gasteiger partial charge in [-0.3, -0.25) is 0 Å². The van der Waals surface area contributed by atoms with Gasteiger partial charge in [0, 0.05) is 13.6 Å². The number of aryl methyl sites for hydroxylation is 2. The van der Waals surface area contributed by atoms with E-state index in [1.807, 2.05) is 20.8 Å². The molecule has 106 valence electrons. The van der Waals surface area contributed by atoms with Gasteiger partial charge in [-0.25, -0.2) is 4.79 Å². The normalized spacial score (nSPS) is 13.8. The van der Waals surface area contributed by atoms with Crippen molar-refractivity contribution < 1.29 is 9.90 Å². The zero-order valence-corrected chi connectivity index (χ0v) is 12.4. The van der Waals surface area contributed by atoms with Crippen LogP contribution in [-0.2, 0) is 0 Å². The summed E-state index contributed by atoms with van der Waals surface area (Å²) in [6.45, 7) is 8.04. The van der Waals surface area contributed by atoms with Gasteiger partial charge in [-0.05, 0) is 33.3 Å². The van der Waals surface area contributed by atoms with E-state index >= 15 is 0 Å². The Morgan fingerprint density at radius 2 is 1.79 bits per heavy atom. The predicted octanol–water partition coefficient (Wildman–Crippen LogP) is 2.39. The first-order valence-electron chi connectivity index (χ1n) is 6.57. The number of benzene rings is 1. The van der Waals surface area contributed by atoms with E-state index in [9.17, 15) is 9.90 Å². The number of likely N-dealkylation sites (N-methyl/N-ethyl adjacent to an activating group) is 1. The number of nitrogens with zero attached hydrogens (tertiary/aromatic N) is 1. The second-order valence-corrected chi connectivity index (χ2v) is 5.32. The Hall–Kier alpha value is -1.55. The Bertz CT molecular complexity index is 424. The average Bonchev–Trinajstić information content (AvgIpc) is 2.26. The van der Waals surface area contributed by atoms with Gasteiger partial charge < -0.3 is 15.3 Å². The number of amides is 2. The largest absolute Gasteiger partial charge is 0.392 e. The number of aliphatic hydroxyl groups excluding tert-OH is 1. The van der Waals surface area contributed by atoms with E-state index < -0.39 is 6.10 Å². The first-order chi connectivity index (χ1) is 8.79. The van der Waals surface area contributed by atoms with Gasteiger partial charge in [0.05, 0.1) is 12.1 Å². The van der Waals surface area contributed by atoms with E-state index in [2.05, 4.69) is 23.5 Å². The number of hydrogen-bond donors (Lipinski definition) is 2. The summed E-state index contributed by atoms with van der Waals surface area (Å²) < 4.78 is 0. The van der Waals surface area contributed by atoms with Gasteiger partial charge in [-0.15, -0.1) is 0 Å². The highest BCUT2D eigenvalue weighted by atomic mass is 16.3. The van der Waals surface area contributed by atoms with Crippen LogP contribution in [0.2, 0.25) is 0 Å². The minimum Gasteiger partial charge on any atom is -0.392 e. The molecule has 19 heavy (non-hydrogen) atoms. The highest BCUT2D eigenvalue weighted by molar-refractivity contribution is 5.74. The lowest BCUT2D eigenvalue weighted by molar-refractivity contribution is 0.142. The first-order valence-corrected chi connectivity index (χ1v) is 6.57. The Kier molecular flexibility index (Phi) is 5.36. The van der Waals surface area contributed by atoms with E-state index in [1.54, 1.807) is 14.0 Å². The molecule has 1 aromatic carbocycles. The number of carbonyl (C=O) groups is 1. The maximum atomic E-state index is 11.9. The molecule has 0 radical (unpaired) electrons. The molecule has 0 fully saturated rings. The Balaban J connectivity index is 2.68. The van der Waals surface area contributed by atoms with Crippen LogP contribution in [0.15, 0.2) is 18.2 Å². The van der Waals surface area contributed by atoms with Crippen molar-refractivity contribution in [1.29, 1.82) is 0 Å². The fourth-order valence-corrected chi connectivity index (χ4v) is 2.12. The lowest BCUT2D eigenvalue weighted by Crippen LogP contribution is -2.41. The van der Waals surface area contributed by atoms with Crippen LogP contribution < -0.4 is 5.32 Å². The summed E-state index contributed by atoms with van der Waals surface area (Å²) in [6.07, 6.45) is -0.521. The van der Waals surface area contributed by atoms with Crippen LogP contribution in [0.25, 0.3) is 0 Å². The number of aliphatic hydroxyl groups is 1. The number of rotatable bonds is 4. The molecule has 0 aromatic heterocycles. The lowest BCUT2D eigenvalue weighted by Gasteiger charge is -2.23. The molecular formula is C15H24N2O2. The molecule has 0 spiro atoms.